The van der Waals surface area contributed by atoms with Gasteiger partial charge in [-0.25, -0.2) is 12.7 Å². The molecule has 0 spiro atoms. The van der Waals surface area contributed by atoms with Crippen molar-refractivity contribution < 1.29 is 13.2 Å². The van der Waals surface area contributed by atoms with E-state index in [1.165, 1.54) is 19.2 Å². The van der Waals surface area contributed by atoms with Crippen molar-refractivity contribution in [1.82, 2.24) is 4.31 Å². The third-order valence-corrected chi connectivity index (χ3v) is 5.61. The van der Waals surface area contributed by atoms with Crippen LogP contribution in [0.1, 0.15) is 45.1 Å². The van der Waals surface area contributed by atoms with Crippen molar-refractivity contribution in [3.8, 4) is 0 Å². The van der Waals surface area contributed by atoms with Crippen molar-refractivity contribution >= 4 is 15.9 Å². The number of rotatable bonds is 8. The monoisotopic (exact) mass is 337 g/mol. The summed E-state index contributed by atoms with van der Waals surface area (Å²) >= 11 is 0. The van der Waals surface area contributed by atoms with Crippen molar-refractivity contribution in [2.24, 2.45) is 5.92 Å². The molecule has 1 amide bonds. The highest BCUT2D eigenvalue weighted by atomic mass is 32.2. The molecule has 0 N–H and O–H groups in total. The molecule has 1 atom stereocenters. The lowest BCUT2D eigenvalue weighted by Crippen LogP contribution is -2.37. The fourth-order valence-corrected chi connectivity index (χ4v) is 3.61. The number of hydrogen-bond acceptors (Lipinski definition) is 3. The van der Waals surface area contributed by atoms with Gasteiger partial charge in [0, 0.05) is 13.0 Å². The van der Waals surface area contributed by atoms with Crippen LogP contribution in [0.3, 0.4) is 0 Å². The minimum absolute atomic E-state index is 0.142. The fourth-order valence-electron chi connectivity index (χ4n) is 2.43. The van der Waals surface area contributed by atoms with E-state index < -0.39 is 10.0 Å². The molecule has 0 bridgehead atoms. The first-order valence-electron chi connectivity index (χ1n) is 7.94. The van der Waals surface area contributed by atoms with E-state index in [-0.39, 0.29) is 16.7 Å². The average molecular weight is 337 g/mol. The first-order chi connectivity index (χ1) is 10.7. The van der Waals surface area contributed by atoms with Crippen LogP contribution in [0.4, 0.5) is 0 Å². The molecule has 0 aromatic heterocycles. The van der Waals surface area contributed by atoms with Gasteiger partial charge in [0.05, 0.1) is 4.90 Å². The Labute approximate surface area is 140 Å². The molecule has 1 aromatic carbocycles. The number of allylic oxidation sites excluding steroid dienone is 1. The molecule has 0 aliphatic heterocycles. The van der Waals surface area contributed by atoms with Gasteiger partial charge < -0.3 is 0 Å². The zero-order valence-electron chi connectivity index (χ0n) is 14.5. The summed E-state index contributed by atoms with van der Waals surface area (Å²) in [6.45, 7) is 9.65. The maximum absolute atomic E-state index is 12.7. The second-order valence-electron chi connectivity index (χ2n) is 6.12. The van der Waals surface area contributed by atoms with Crippen molar-refractivity contribution in [2.75, 3.05) is 7.05 Å². The maximum Gasteiger partial charge on any atom is 0.266 e. The smallest absolute Gasteiger partial charge is 0.266 e. The summed E-state index contributed by atoms with van der Waals surface area (Å²) in [6, 6.07) is 6.53. The number of carbonyl (C=O) groups excluding carboxylic acids is 1. The molecule has 128 valence electrons. The van der Waals surface area contributed by atoms with Crippen LogP contribution in [0.5, 0.6) is 0 Å². The molecular weight excluding hydrogens is 310 g/mol. The molecular formula is C18H27NO3S. The third-order valence-electron chi connectivity index (χ3n) is 3.84. The Kier molecular flexibility index (Phi) is 7.01. The zero-order valence-corrected chi connectivity index (χ0v) is 15.3. The molecule has 1 rings (SSSR count). The lowest BCUT2D eigenvalue weighted by Gasteiger charge is -2.24. The van der Waals surface area contributed by atoms with E-state index in [4.69, 9.17) is 0 Å². The minimum atomic E-state index is -3.81. The molecule has 0 fully saturated rings. The summed E-state index contributed by atoms with van der Waals surface area (Å²) in [6.07, 6.45) is 3.05. The molecule has 0 saturated heterocycles. The predicted molar refractivity (Wildman–Crippen MR) is 93.6 cm³/mol. The van der Waals surface area contributed by atoms with Gasteiger partial charge in [0.25, 0.3) is 10.0 Å². The molecule has 0 heterocycles. The Morgan fingerprint density at radius 2 is 1.83 bits per heavy atom. The second-order valence-corrected chi connectivity index (χ2v) is 8.09. The highest BCUT2D eigenvalue weighted by molar-refractivity contribution is 7.89. The van der Waals surface area contributed by atoms with Crippen molar-refractivity contribution in [3.63, 3.8) is 0 Å². The highest BCUT2D eigenvalue weighted by Gasteiger charge is 2.30. The Morgan fingerprint density at radius 3 is 2.30 bits per heavy atom. The van der Waals surface area contributed by atoms with Crippen molar-refractivity contribution in [3.05, 3.63) is 42.0 Å². The molecule has 0 saturated carbocycles. The quantitative estimate of drug-likeness (QED) is 0.676. The number of aryl methyl sites for hydroxylation is 1. The topological polar surface area (TPSA) is 54.5 Å². The highest BCUT2D eigenvalue weighted by Crippen LogP contribution is 2.23. The van der Waals surface area contributed by atoms with Gasteiger partial charge in [-0.3, -0.25) is 4.79 Å². The number of amides is 1. The number of benzene rings is 1. The van der Waals surface area contributed by atoms with Crippen LogP contribution in [-0.2, 0) is 14.8 Å². The van der Waals surface area contributed by atoms with Crippen LogP contribution in [0.15, 0.2) is 41.3 Å². The zero-order chi connectivity index (χ0) is 17.6. The number of sulfonamides is 1. The molecule has 1 unspecified atom stereocenters. The van der Waals surface area contributed by atoms with E-state index in [9.17, 15) is 13.2 Å². The first kappa shape index (κ1) is 19.4. The first-order valence-corrected chi connectivity index (χ1v) is 9.38. The van der Waals surface area contributed by atoms with E-state index in [2.05, 4.69) is 13.5 Å². The van der Waals surface area contributed by atoms with Gasteiger partial charge >= 0.3 is 0 Å². The maximum atomic E-state index is 12.7. The fraction of sp³-hybridized carbons (Fsp3) is 0.500. The molecule has 0 aliphatic rings. The van der Waals surface area contributed by atoms with Gasteiger partial charge in [0.1, 0.15) is 0 Å². The SMILES string of the molecule is C=C(C)CC(CCCC)C(=O)N(C)S(=O)(=O)c1ccc(C)cc1. The Bertz CT molecular complexity index is 647. The lowest BCUT2D eigenvalue weighted by atomic mass is 9.94. The van der Waals surface area contributed by atoms with Gasteiger partial charge in [-0.1, -0.05) is 43.0 Å². The van der Waals surface area contributed by atoms with E-state index in [1.807, 2.05) is 13.8 Å². The van der Waals surface area contributed by atoms with Crippen LogP contribution in [0.2, 0.25) is 0 Å². The number of nitrogens with zero attached hydrogens (tertiary/aromatic N) is 1. The molecule has 0 radical (unpaired) electrons. The van der Waals surface area contributed by atoms with Crippen LogP contribution in [-0.4, -0.2) is 25.7 Å². The van der Waals surface area contributed by atoms with Crippen LogP contribution in [0.25, 0.3) is 0 Å². The summed E-state index contributed by atoms with van der Waals surface area (Å²) in [5.74, 6) is -0.695. The van der Waals surface area contributed by atoms with Crippen molar-refractivity contribution in [2.45, 2.75) is 51.3 Å². The van der Waals surface area contributed by atoms with E-state index in [0.717, 1.165) is 28.3 Å². The summed E-state index contributed by atoms with van der Waals surface area (Å²) in [4.78, 5) is 12.8. The molecule has 5 heteroatoms. The van der Waals surface area contributed by atoms with Gasteiger partial charge in [-0.05, 0) is 38.8 Å². The largest absolute Gasteiger partial charge is 0.273 e. The number of carbonyl (C=O) groups is 1. The third kappa shape index (κ3) is 5.20. The number of hydrogen-bond donors (Lipinski definition) is 0. The predicted octanol–water partition coefficient (Wildman–Crippen LogP) is 3.91. The molecule has 0 aliphatic carbocycles. The van der Waals surface area contributed by atoms with Crippen LogP contribution in [0, 0.1) is 12.8 Å². The normalized spacial score (nSPS) is 12.7. The summed E-state index contributed by atoms with van der Waals surface area (Å²) < 4.78 is 26.2. The van der Waals surface area contributed by atoms with Gasteiger partial charge in [-0.2, -0.15) is 0 Å². The Balaban J connectivity index is 3.02. The van der Waals surface area contributed by atoms with Gasteiger partial charge in [0.15, 0.2) is 0 Å². The molecule has 1 aromatic rings. The van der Waals surface area contributed by atoms with Crippen LogP contribution >= 0.6 is 0 Å². The van der Waals surface area contributed by atoms with Crippen molar-refractivity contribution in [1.29, 1.82) is 0 Å². The average Bonchev–Trinajstić information content (AvgIpc) is 2.50. The van der Waals surface area contributed by atoms with E-state index in [0.29, 0.717) is 12.8 Å². The standard InChI is InChI=1S/C18H27NO3S/c1-6-7-8-16(13-14(2)3)18(20)19(5)23(21,22)17-11-9-15(4)10-12-17/h9-12,16H,2,6-8,13H2,1,3-5H3. The molecule has 23 heavy (non-hydrogen) atoms. The minimum Gasteiger partial charge on any atom is -0.273 e. The summed E-state index contributed by atoms with van der Waals surface area (Å²) in [5, 5.41) is 0. The second kappa shape index (κ2) is 8.29. The van der Waals surface area contributed by atoms with Crippen LogP contribution < -0.4 is 0 Å². The Hall–Kier alpha value is -1.62. The van der Waals surface area contributed by atoms with Gasteiger partial charge in [0.2, 0.25) is 5.91 Å². The van der Waals surface area contributed by atoms with E-state index in [1.54, 1.807) is 12.1 Å². The molecule has 4 nitrogen and oxygen atoms in total. The Morgan fingerprint density at radius 1 is 1.26 bits per heavy atom. The van der Waals surface area contributed by atoms with Gasteiger partial charge in [-0.15, -0.1) is 6.58 Å². The lowest BCUT2D eigenvalue weighted by molar-refractivity contribution is -0.130. The van der Waals surface area contributed by atoms with E-state index >= 15 is 0 Å². The number of unbranched alkanes of at least 4 members (excludes halogenated alkanes) is 1. The summed E-state index contributed by atoms with van der Waals surface area (Å²) in [7, 11) is -2.46. The summed E-state index contributed by atoms with van der Waals surface area (Å²) in [5.41, 5.74) is 1.86.